The van der Waals surface area contributed by atoms with Crippen LogP contribution in [0, 0.1) is 6.92 Å². The van der Waals surface area contributed by atoms with Gasteiger partial charge in [-0.15, -0.1) is 11.6 Å². The van der Waals surface area contributed by atoms with Crippen molar-refractivity contribution in [3.8, 4) is 5.69 Å². The summed E-state index contributed by atoms with van der Waals surface area (Å²) >= 11 is 5.78. The molecule has 0 aliphatic carbocycles. The zero-order chi connectivity index (χ0) is 21.8. The van der Waals surface area contributed by atoms with Gasteiger partial charge in [0.2, 0.25) is 5.91 Å². The van der Waals surface area contributed by atoms with Gasteiger partial charge < -0.3 is 9.80 Å². The van der Waals surface area contributed by atoms with Gasteiger partial charge in [-0.25, -0.2) is 14.6 Å². The van der Waals surface area contributed by atoms with E-state index in [0.29, 0.717) is 6.54 Å². The number of amides is 1. The minimum Gasteiger partial charge on any atom is -0.354 e. The number of rotatable bonds is 6. The van der Waals surface area contributed by atoms with Crippen molar-refractivity contribution < 1.29 is 4.79 Å². The van der Waals surface area contributed by atoms with Crippen LogP contribution >= 0.6 is 11.6 Å². The second kappa shape index (κ2) is 9.64. The van der Waals surface area contributed by atoms with Crippen LogP contribution in [0.4, 0.5) is 5.82 Å². The van der Waals surface area contributed by atoms with E-state index in [1.807, 2.05) is 46.8 Å². The lowest BCUT2D eigenvalue weighted by Crippen LogP contribution is -2.36. The Morgan fingerprint density at radius 1 is 1.10 bits per heavy atom. The molecule has 3 heterocycles. The maximum Gasteiger partial charge on any atom is 0.237 e. The molecule has 0 spiro atoms. The van der Waals surface area contributed by atoms with Crippen LogP contribution in [0.2, 0.25) is 0 Å². The third-order valence-corrected chi connectivity index (χ3v) is 5.98. The molecule has 0 bridgehead atoms. The summed E-state index contributed by atoms with van der Waals surface area (Å²) in [6, 6.07) is 10.1. The fourth-order valence-electron chi connectivity index (χ4n) is 4.09. The summed E-state index contributed by atoms with van der Waals surface area (Å²) in [5.41, 5.74) is 2.74. The maximum absolute atomic E-state index is 12.1. The van der Waals surface area contributed by atoms with Crippen LogP contribution in [0.5, 0.6) is 0 Å². The van der Waals surface area contributed by atoms with Gasteiger partial charge in [-0.3, -0.25) is 4.79 Å². The van der Waals surface area contributed by atoms with Crippen molar-refractivity contribution in [2.24, 2.45) is 0 Å². The van der Waals surface area contributed by atoms with E-state index in [9.17, 15) is 4.79 Å². The summed E-state index contributed by atoms with van der Waals surface area (Å²) in [4.78, 5) is 26.2. The largest absolute Gasteiger partial charge is 0.354 e. The average Bonchev–Trinajstić information content (AvgIpc) is 2.97. The van der Waals surface area contributed by atoms with E-state index in [2.05, 4.69) is 11.8 Å². The second-order valence-electron chi connectivity index (χ2n) is 7.95. The third-order valence-electron chi connectivity index (χ3n) is 5.75. The fourth-order valence-corrected chi connectivity index (χ4v) is 4.26. The molecule has 164 valence electrons. The molecule has 1 amide bonds. The van der Waals surface area contributed by atoms with Gasteiger partial charge in [0.15, 0.2) is 5.65 Å². The highest BCUT2D eigenvalue weighted by atomic mass is 35.5. The Morgan fingerprint density at radius 3 is 2.65 bits per heavy atom. The molecule has 3 aromatic rings. The van der Waals surface area contributed by atoms with Crippen molar-refractivity contribution in [3.05, 3.63) is 41.9 Å². The second-order valence-corrected chi connectivity index (χ2v) is 8.22. The smallest absolute Gasteiger partial charge is 0.237 e. The molecule has 1 aromatic carbocycles. The van der Waals surface area contributed by atoms with Crippen LogP contribution in [-0.2, 0) is 11.2 Å². The quantitative estimate of drug-likeness (QED) is 0.546. The molecule has 1 aliphatic heterocycles. The Bertz CT molecular complexity index is 1050. The molecule has 1 saturated heterocycles. The number of anilines is 1. The minimum absolute atomic E-state index is 0.00642. The van der Waals surface area contributed by atoms with Gasteiger partial charge in [0, 0.05) is 32.6 Å². The monoisotopic (exact) mass is 440 g/mol. The Balaban J connectivity index is 1.78. The molecule has 0 radical (unpaired) electrons. The van der Waals surface area contributed by atoms with Gasteiger partial charge >= 0.3 is 0 Å². The molecule has 0 saturated carbocycles. The van der Waals surface area contributed by atoms with Crippen LogP contribution in [0.1, 0.15) is 37.7 Å². The molecule has 0 atom stereocenters. The van der Waals surface area contributed by atoms with E-state index in [4.69, 9.17) is 26.7 Å². The number of unbranched alkanes of at least 4 members (excludes halogenated alkanes) is 1. The molecule has 7 nitrogen and oxygen atoms in total. The number of nitrogens with zero attached hydrogens (tertiary/aromatic N) is 6. The summed E-state index contributed by atoms with van der Waals surface area (Å²) in [7, 11) is 0. The lowest BCUT2D eigenvalue weighted by molar-refractivity contribution is -0.128. The Hall–Kier alpha value is -2.67. The van der Waals surface area contributed by atoms with E-state index in [1.165, 1.54) is 0 Å². The molecule has 1 fully saturated rings. The summed E-state index contributed by atoms with van der Waals surface area (Å²) in [6.07, 6.45) is 3.85. The molecule has 0 N–H and O–H groups in total. The first-order valence-electron chi connectivity index (χ1n) is 11.0. The van der Waals surface area contributed by atoms with E-state index < -0.39 is 0 Å². The zero-order valence-corrected chi connectivity index (χ0v) is 19.0. The van der Waals surface area contributed by atoms with Crippen LogP contribution in [-0.4, -0.2) is 62.6 Å². The molecule has 2 aromatic heterocycles. The molecule has 1 aliphatic rings. The summed E-state index contributed by atoms with van der Waals surface area (Å²) in [6.45, 7) is 7.12. The fraction of sp³-hybridized carbons (Fsp3) is 0.478. The Labute approximate surface area is 188 Å². The normalized spacial score (nSPS) is 14.8. The standard InChI is InChI=1S/C23H29ClN6O/c1-3-4-11-19-25-22(29-13-8-12-28(14-15-29)20(31)16-24)21-17(2)27-30(23(21)26-19)18-9-6-5-7-10-18/h5-7,9-10H,3-4,8,11-16H2,1-2H3. The first-order valence-corrected chi connectivity index (χ1v) is 11.6. The van der Waals surface area contributed by atoms with Gasteiger partial charge in [0.25, 0.3) is 0 Å². The summed E-state index contributed by atoms with van der Waals surface area (Å²) in [5.74, 6) is 1.80. The van der Waals surface area contributed by atoms with Crippen LogP contribution in [0.15, 0.2) is 30.3 Å². The number of carbonyl (C=O) groups excluding carboxylic acids is 1. The first kappa shape index (κ1) is 21.6. The van der Waals surface area contributed by atoms with E-state index in [0.717, 1.165) is 79.4 Å². The number of halogens is 1. The molecule has 31 heavy (non-hydrogen) atoms. The minimum atomic E-state index is -0.00642. The van der Waals surface area contributed by atoms with E-state index in [-0.39, 0.29) is 11.8 Å². The number of para-hydroxylation sites is 1. The zero-order valence-electron chi connectivity index (χ0n) is 18.2. The highest BCUT2D eigenvalue weighted by molar-refractivity contribution is 6.27. The van der Waals surface area contributed by atoms with Crippen LogP contribution in [0.3, 0.4) is 0 Å². The van der Waals surface area contributed by atoms with Crippen molar-refractivity contribution in [2.75, 3.05) is 37.0 Å². The molecule has 8 heteroatoms. The third kappa shape index (κ3) is 4.51. The predicted molar refractivity (Wildman–Crippen MR) is 124 cm³/mol. The van der Waals surface area contributed by atoms with Crippen LogP contribution in [0.25, 0.3) is 16.7 Å². The average molecular weight is 441 g/mol. The van der Waals surface area contributed by atoms with Crippen molar-refractivity contribution in [3.63, 3.8) is 0 Å². The van der Waals surface area contributed by atoms with Gasteiger partial charge in [-0.1, -0.05) is 31.5 Å². The Morgan fingerprint density at radius 2 is 1.90 bits per heavy atom. The SMILES string of the molecule is CCCCc1nc(N2CCCN(C(=O)CCl)CC2)c2c(C)nn(-c3ccccc3)c2n1. The lowest BCUT2D eigenvalue weighted by Gasteiger charge is -2.23. The molecular formula is C23H29ClN6O. The van der Waals surface area contributed by atoms with Crippen molar-refractivity contribution in [2.45, 2.75) is 39.5 Å². The predicted octanol–water partition coefficient (Wildman–Crippen LogP) is 3.74. The number of hydrogen-bond donors (Lipinski definition) is 0. The molecule has 4 rings (SSSR count). The maximum atomic E-state index is 12.1. The van der Waals surface area contributed by atoms with Gasteiger partial charge in [0.05, 0.1) is 16.8 Å². The Kier molecular flexibility index (Phi) is 6.70. The molecular weight excluding hydrogens is 412 g/mol. The first-order chi connectivity index (χ1) is 15.1. The van der Waals surface area contributed by atoms with Gasteiger partial charge in [-0.2, -0.15) is 5.10 Å². The summed E-state index contributed by atoms with van der Waals surface area (Å²) < 4.78 is 1.92. The number of fused-ring (bicyclic) bond motifs is 1. The van der Waals surface area contributed by atoms with Crippen molar-refractivity contribution in [1.82, 2.24) is 24.6 Å². The number of hydrogen-bond acceptors (Lipinski definition) is 5. The summed E-state index contributed by atoms with van der Waals surface area (Å²) in [5, 5.41) is 5.81. The highest BCUT2D eigenvalue weighted by Gasteiger charge is 2.24. The van der Waals surface area contributed by atoms with E-state index >= 15 is 0 Å². The number of aryl methyl sites for hydroxylation is 2. The lowest BCUT2D eigenvalue weighted by atomic mass is 10.2. The number of carbonyl (C=O) groups is 1. The van der Waals surface area contributed by atoms with Crippen molar-refractivity contribution >= 4 is 34.4 Å². The van der Waals surface area contributed by atoms with Gasteiger partial charge in [0.1, 0.15) is 17.5 Å². The molecule has 0 unspecified atom stereocenters. The highest BCUT2D eigenvalue weighted by Crippen LogP contribution is 2.30. The number of aromatic nitrogens is 4. The van der Waals surface area contributed by atoms with Crippen LogP contribution < -0.4 is 4.90 Å². The van der Waals surface area contributed by atoms with Gasteiger partial charge in [-0.05, 0) is 31.9 Å². The van der Waals surface area contributed by atoms with Crippen molar-refractivity contribution in [1.29, 1.82) is 0 Å². The topological polar surface area (TPSA) is 67.2 Å². The van der Waals surface area contributed by atoms with E-state index in [1.54, 1.807) is 0 Å². The number of alkyl halides is 1. The number of benzene rings is 1.